The zero-order valence-electron chi connectivity index (χ0n) is 6.58. The highest BCUT2D eigenvalue weighted by Gasteiger charge is 2.53. The molecule has 0 aliphatic carbocycles. The number of nitro groups is 3. The van der Waals surface area contributed by atoms with Crippen molar-refractivity contribution in [2.24, 2.45) is 0 Å². The lowest BCUT2D eigenvalue weighted by Gasteiger charge is -2.08. The fourth-order valence-electron chi connectivity index (χ4n) is 0.555. The average molecular weight is 273 g/mol. The van der Waals surface area contributed by atoms with Gasteiger partial charge in [-0.2, -0.15) is 0 Å². The molecule has 0 unspecified atom stereocenters. The van der Waals surface area contributed by atoms with Crippen LogP contribution in [0.1, 0.15) is 6.42 Å². The van der Waals surface area contributed by atoms with Gasteiger partial charge in [-0.1, -0.05) is 0 Å². The number of hydrogen-bond acceptors (Lipinski definition) is 6. The minimum atomic E-state index is -2.57. The van der Waals surface area contributed by atoms with Crippen molar-refractivity contribution < 1.29 is 14.9 Å². The van der Waals surface area contributed by atoms with Crippen molar-refractivity contribution in [1.82, 2.24) is 5.43 Å². The number of nitrogens with one attached hydrogen (secondary N) is 1. The summed E-state index contributed by atoms with van der Waals surface area (Å²) in [6.45, 7) is -0.486. The highest BCUT2D eigenvalue weighted by atomic mass is 79.9. The van der Waals surface area contributed by atoms with Gasteiger partial charge < -0.3 is 0 Å². The highest BCUT2D eigenvalue weighted by molar-refractivity contribution is 9.09. The Bertz CT molecular complexity index is 254. The van der Waals surface area contributed by atoms with Gasteiger partial charge in [0.05, 0.1) is 22.5 Å². The summed E-state index contributed by atoms with van der Waals surface area (Å²) in [6, 6.07) is 0. The molecular weight excluding hydrogens is 268 g/mol. The molecule has 0 spiro atoms. The summed E-state index contributed by atoms with van der Waals surface area (Å²) in [7, 11) is 0. The fourth-order valence-corrected chi connectivity index (χ4v) is 0.754. The predicted octanol–water partition coefficient (Wildman–Crippen LogP) is -0.240. The summed E-state index contributed by atoms with van der Waals surface area (Å²) >= 11 is 2.30. The van der Waals surface area contributed by atoms with Gasteiger partial charge in [0, 0.05) is 0 Å². The molecule has 0 aliphatic heterocycles. The topological polar surface area (TPSA) is 141 Å². The Kier molecular flexibility index (Phi) is 4.14. The first-order valence-electron chi connectivity index (χ1n) is 3.16. The van der Waals surface area contributed by atoms with Crippen LogP contribution in [-0.4, -0.2) is 26.0 Å². The molecule has 0 atom stereocenters. The molecule has 0 radical (unpaired) electrons. The lowest BCUT2D eigenvalue weighted by Crippen LogP contribution is -2.43. The van der Waals surface area contributed by atoms with Crippen LogP contribution in [0.5, 0.6) is 0 Å². The van der Waals surface area contributed by atoms with Crippen LogP contribution in [-0.2, 0) is 0 Å². The molecule has 0 heterocycles. The van der Waals surface area contributed by atoms with E-state index in [1.165, 1.54) is 0 Å². The van der Waals surface area contributed by atoms with Crippen molar-refractivity contribution in [1.29, 1.82) is 0 Å². The molecule has 0 amide bonds. The summed E-state index contributed by atoms with van der Waals surface area (Å²) in [5.74, 6) is 0. The van der Waals surface area contributed by atoms with Crippen molar-refractivity contribution in [2.45, 2.75) is 11.0 Å². The lowest BCUT2D eigenvalue weighted by atomic mass is 10.3. The first kappa shape index (κ1) is 12.5. The van der Waals surface area contributed by atoms with Crippen molar-refractivity contribution in [3.63, 3.8) is 0 Å². The van der Waals surface area contributed by atoms with Crippen LogP contribution in [0.15, 0.2) is 0 Å². The van der Waals surface area contributed by atoms with Gasteiger partial charge in [-0.3, -0.25) is 20.2 Å². The maximum Gasteiger partial charge on any atom is 0.512 e. The Morgan fingerprint density at radius 3 is 1.86 bits per heavy atom. The quantitative estimate of drug-likeness (QED) is 0.231. The smallest absolute Gasteiger partial charge is 0.258 e. The van der Waals surface area contributed by atoms with E-state index in [9.17, 15) is 30.3 Å². The molecule has 0 saturated heterocycles. The van der Waals surface area contributed by atoms with Gasteiger partial charge >= 0.3 is 4.57 Å². The van der Waals surface area contributed by atoms with Gasteiger partial charge in [-0.15, -0.1) is 5.43 Å². The molecule has 0 saturated carbocycles. The SMILES string of the molecule is O=[N+]([O-])NCCC(Br)([N+](=O)[O-])[N+](=O)[O-]. The first-order chi connectivity index (χ1) is 6.30. The van der Waals surface area contributed by atoms with E-state index in [2.05, 4.69) is 15.9 Å². The van der Waals surface area contributed by atoms with Gasteiger partial charge in [0.15, 0.2) is 5.03 Å². The van der Waals surface area contributed by atoms with Crippen LogP contribution >= 0.6 is 15.9 Å². The molecule has 0 aromatic rings. The number of nitrogens with zero attached hydrogens (tertiary/aromatic N) is 3. The number of hydrazine groups is 1. The van der Waals surface area contributed by atoms with E-state index < -0.39 is 32.4 Å². The Labute approximate surface area is 84.8 Å². The molecule has 10 nitrogen and oxygen atoms in total. The van der Waals surface area contributed by atoms with Crippen molar-refractivity contribution in [3.8, 4) is 0 Å². The highest BCUT2D eigenvalue weighted by Crippen LogP contribution is 2.23. The average Bonchev–Trinajstić information content (AvgIpc) is 2.02. The monoisotopic (exact) mass is 272 g/mol. The van der Waals surface area contributed by atoms with E-state index in [4.69, 9.17) is 0 Å². The second-order valence-corrected chi connectivity index (χ2v) is 3.42. The second-order valence-electron chi connectivity index (χ2n) is 2.15. The molecule has 0 rings (SSSR count). The van der Waals surface area contributed by atoms with Gasteiger partial charge in [0.1, 0.15) is 16.3 Å². The summed E-state index contributed by atoms with van der Waals surface area (Å²) in [6.07, 6.45) is -0.645. The third-order valence-electron chi connectivity index (χ3n) is 1.24. The molecule has 14 heavy (non-hydrogen) atoms. The van der Waals surface area contributed by atoms with Crippen molar-refractivity contribution in [3.05, 3.63) is 30.3 Å². The summed E-state index contributed by atoms with van der Waals surface area (Å²) < 4.78 is -2.57. The molecule has 0 bridgehead atoms. The summed E-state index contributed by atoms with van der Waals surface area (Å²) in [5, 5.41) is 29.3. The normalized spacial score (nSPS) is 10.6. The Morgan fingerprint density at radius 2 is 1.57 bits per heavy atom. The van der Waals surface area contributed by atoms with Crippen LogP contribution < -0.4 is 5.43 Å². The zero-order valence-corrected chi connectivity index (χ0v) is 8.17. The third kappa shape index (κ3) is 3.08. The minimum absolute atomic E-state index is 0.486. The molecule has 11 heteroatoms. The van der Waals surface area contributed by atoms with Gasteiger partial charge in [0.25, 0.3) is 0 Å². The van der Waals surface area contributed by atoms with E-state index >= 15 is 0 Å². The second kappa shape index (κ2) is 4.64. The van der Waals surface area contributed by atoms with Crippen LogP contribution in [0.25, 0.3) is 0 Å². The van der Waals surface area contributed by atoms with Gasteiger partial charge in [-0.05, 0) is 0 Å². The number of rotatable bonds is 6. The summed E-state index contributed by atoms with van der Waals surface area (Å²) in [4.78, 5) is 28.0. The third-order valence-corrected chi connectivity index (χ3v) is 2.22. The number of alkyl halides is 1. The van der Waals surface area contributed by atoms with Crippen LogP contribution in [0.3, 0.4) is 0 Å². The fraction of sp³-hybridized carbons (Fsp3) is 1.00. The van der Waals surface area contributed by atoms with Crippen LogP contribution in [0.2, 0.25) is 0 Å². The molecule has 80 valence electrons. The van der Waals surface area contributed by atoms with Crippen LogP contribution in [0, 0.1) is 30.3 Å². The molecule has 0 aromatic heterocycles. The summed E-state index contributed by atoms with van der Waals surface area (Å²) in [5.41, 5.74) is 1.59. The molecule has 1 N–H and O–H groups in total. The van der Waals surface area contributed by atoms with Crippen LogP contribution in [0.4, 0.5) is 0 Å². The Morgan fingerprint density at radius 1 is 1.14 bits per heavy atom. The van der Waals surface area contributed by atoms with Crippen molar-refractivity contribution in [2.75, 3.05) is 6.54 Å². The lowest BCUT2D eigenvalue weighted by molar-refractivity contribution is -0.759. The Balaban J connectivity index is 4.32. The Hall–Kier alpha value is -1.52. The molecule has 0 aliphatic rings. The van der Waals surface area contributed by atoms with E-state index in [1.54, 1.807) is 5.43 Å². The van der Waals surface area contributed by atoms with E-state index in [0.717, 1.165) is 0 Å². The zero-order chi connectivity index (χ0) is 11.4. The van der Waals surface area contributed by atoms with E-state index in [0.29, 0.717) is 0 Å². The number of halogens is 1. The predicted molar refractivity (Wildman–Crippen MR) is 45.3 cm³/mol. The maximum absolute atomic E-state index is 10.3. The largest absolute Gasteiger partial charge is 0.512 e. The van der Waals surface area contributed by atoms with Gasteiger partial charge in [-0.25, -0.2) is 10.1 Å². The molecular formula is C3H5BrN4O6. The maximum atomic E-state index is 10.3. The molecule has 0 aromatic carbocycles. The van der Waals surface area contributed by atoms with E-state index in [1.807, 2.05) is 0 Å². The molecule has 0 fully saturated rings. The first-order valence-corrected chi connectivity index (χ1v) is 3.96. The standard InChI is InChI=1S/C3H5BrN4O6/c4-3(6(9)10,7(11)12)1-2-5-8(13)14/h5H,1-2H2. The minimum Gasteiger partial charge on any atom is -0.258 e. The number of hydrogen-bond donors (Lipinski definition) is 1. The van der Waals surface area contributed by atoms with E-state index in [-0.39, 0.29) is 0 Å². The van der Waals surface area contributed by atoms with Gasteiger partial charge in [0.2, 0.25) is 0 Å². The van der Waals surface area contributed by atoms with Crippen molar-refractivity contribution >= 4 is 15.9 Å².